The molecule has 0 fully saturated rings. The van der Waals surface area contributed by atoms with Crippen molar-refractivity contribution in [2.45, 2.75) is 11.3 Å². The number of hydrogen-bond acceptors (Lipinski definition) is 8. The van der Waals surface area contributed by atoms with Gasteiger partial charge in [0.25, 0.3) is 5.91 Å². The molecular weight excluding hydrogens is 364 g/mol. The van der Waals surface area contributed by atoms with Gasteiger partial charge in [-0.25, -0.2) is 0 Å². The number of nitrogens with zero attached hydrogens (tertiary/aromatic N) is 2. The van der Waals surface area contributed by atoms with Crippen molar-refractivity contribution in [3.8, 4) is 0 Å². The number of thioether (sulfide) groups is 1. The Morgan fingerprint density at radius 1 is 1.20 bits per heavy atom. The van der Waals surface area contributed by atoms with Crippen LogP contribution in [-0.2, 0) is 14.3 Å². The zero-order valence-corrected chi connectivity index (χ0v) is 15.0. The van der Waals surface area contributed by atoms with Crippen LogP contribution in [0.3, 0.4) is 0 Å². The minimum atomic E-state index is -0.484. The van der Waals surface area contributed by atoms with Crippen LogP contribution < -0.4 is 10.6 Å². The summed E-state index contributed by atoms with van der Waals surface area (Å²) in [4.78, 5) is 34.8. The number of ether oxygens (including phenoxy) is 1. The fourth-order valence-corrected chi connectivity index (χ4v) is 3.22. The molecule has 0 aliphatic heterocycles. The highest BCUT2D eigenvalue weighted by molar-refractivity contribution is 8.01. The Morgan fingerprint density at radius 2 is 1.96 bits per heavy atom. The van der Waals surface area contributed by atoms with E-state index in [9.17, 15) is 14.4 Å². The van der Waals surface area contributed by atoms with Gasteiger partial charge < -0.3 is 10.1 Å². The average molecular weight is 380 g/mol. The van der Waals surface area contributed by atoms with Crippen molar-refractivity contribution in [1.29, 1.82) is 0 Å². The molecule has 132 valence electrons. The van der Waals surface area contributed by atoms with E-state index in [0.717, 1.165) is 0 Å². The molecule has 1 aromatic heterocycles. The largest absolute Gasteiger partial charge is 0.465 e. The molecule has 8 nitrogen and oxygen atoms in total. The Kier molecular flexibility index (Phi) is 7.36. The van der Waals surface area contributed by atoms with Crippen molar-refractivity contribution < 1.29 is 19.1 Å². The Balaban J connectivity index is 1.76. The number of benzene rings is 1. The molecule has 0 saturated carbocycles. The minimum absolute atomic E-state index is 0.0840. The standard InChI is InChI=1S/C15H16N4O4S2/c1-2-23-12(21)8-16-11(20)9-24-15-19-18-14(25-15)17-13(22)10-6-4-3-5-7-10/h3-7H,2,8-9H2,1H3,(H,16,20)(H,17,18,22). The summed E-state index contributed by atoms with van der Waals surface area (Å²) in [5.74, 6) is -0.994. The zero-order valence-electron chi connectivity index (χ0n) is 13.4. The molecule has 1 aromatic carbocycles. The quantitative estimate of drug-likeness (QED) is 0.406. The maximum absolute atomic E-state index is 12.0. The highest BCUT2D eigenvalue weighted by Crippen LogP contribution is 2.25. The van der Waals surface area contributed by atoms with E-state index in [4.69, 9.17) is 4.74 Å². The number of anilines is 1. The van der Waals surface area contributed by atoms with Crippen LogP contribution in [0.5, 0.6) is 0 Å². The molecule has 1 heterocycles. The maximum Gasteiger partial charge on any atom is 0.325 e. The molecule has 25 heavy (non-hydrogen) atoms. The number of carbonyl (C=O) groups excluding carboxylic acids is 3. The van der Waals surface area contributed by atoms with Crippen molar-refractivity contribution in [2.75, 3.05) is 24.2 Å². The summed E-state index contributed by atoms with van der Waals surface area (Å²) >= 11 is 2.33. The molecule has 0 spiro atoms. The summed E-state index contributed by atoms with van der Waals surface area (Å²) in [5, 5.41) is 13.2. The lowest BCUT2D eigenvalue weighted by molar-refractivity contribution is -0.143. The monoisotopic (exact) mass is 380 g/mol. The highest BCUT2D eigenvalue weighted by Gasteiger charge is 2.12. The van der Waals surface area contributed by atoms with Gasteiger partial charge >= 0.3 is 5.97 Å². The molecule has 0 aliphatic rings. The van der Waals surface area contributed by atoms with Gasteiger partial charge in [-0.15, -0.1) is 10.2 Å². The van der Waals surface area contributed by atoms with Gasteiger partial charge in [-0.2, -0.15) is 0 Å². The normalized spacial score (nSPS) is 10.1. The topological polar surface area (TPSA) is 110 Å². The predicted molar refractivity (Wildman–Crippen MR) is 94.7 cm³/mol. The Labute approximate surface area is 152 Å². The zero-order chi connectivity index (χ0) is 18.1. The van der Waals surface area contributed by atoms with E-state index >= 15 is 0 Å². The van der Waals surface area contributed by atoms with Crippen LogP contribution in [0.25, 0.3) is 0 Å². The van der Waals surface area contributed by atoms with E-state index in [1.807, 2.05) is 6.07 Å². The van der Waals surface area contributed by atoms with Gasteiger partial charge in [0.1, 0.15) is 6.54 Å². The molecule has 0 radical (unpaired) electrons. The van der Waals surface area contributed by atoms with E-state index in [1.165, 1.54) is 23.1 Å². The number of amides is 2. The fourth-order valence-electron chi connectivity index (χ4n) is 1.64. The molecular formula is C15H16N4O4S2. The average Bonchev–Trinajstić information content (AvgIpc) is 3.06. The Hall–Kier alpha value is -2.46. The first kappa shape index (κ1) is 18.9. The second-order valence-corrected chi connectivity index (χ2v) is 6.76. The number of carbonyl (C=O) groups is 3. The summed E-state index contributed by atoms with van der Waals surface area (Å²) < 4.78 is 5.25. The number of nitrogens with one attached hydrogen (secondary N) is 2. The molecule has 0 unspecified atom stereocenters. The first-order valence-corrected chi connectivity index (χ1v) is 9.13. The molecule has 2 N–H and O–H groups in total. The van der Waals surface area contributed by atoms with Gasteiger partial charge in [-0.3, -0.25) is 19.7 Å². The summed E-state index contributed by atoms with van der Waals surface area (Å²) in [6.45, 7) is 1.80. The summed E-state index contributed by atoms with van der Waals surface area (Å²) in [6.07, 6.45) is 0. The molecule has 0 aliphatic carbocycles. The predicted octanol–water partition coefficient (Wildman–Crippen LogP) is 1.56. The van der Waals surface area contributed by atoms with Crippen LogP contribution in [0.2, 0.25) is 0 Å². The third kappa shape index (κ3) is 6.51. The molecule has 0 bridgehead atoms. The van der Waals surface area contributed by atoms with Gasteiger partial charge in [0.15, 0.2) is 4.34 Å². The van der Waals surface area contributed by atoms with Gasteiger partial charge in [-0.05, 0) is 19.1 Å². The number of hydrogen-bond donors (Lipinski definition) is 2. The third-order valence-electron chi connectivity index (χ3n) is 2.72. The van der Waals surface area contributed by atoms with Crippen LogP contribution in [0.4, 0.5) is 5.13 Å². The molecule has 2 rings (SSSR count). The number of rotatable bonds is 8. The van der Waals surface area contributed by atoms with Crippen LogP contribution >= 0.6 is 23.1 Å². The van der Waals surface area contributed by atoms with Crippen LogP contribution in [0.15, 0.2) is 34.7 Å². The molecule has 10 heteroatoms. The van der Waals surface area contributed by atoms with E-state index in [2.05, 4.69) is 20.8 Å². The van der Waals surface area contributed by atoms with Crippen molar-refractivity contribution in [3.63, 3.8) is 0 Å². The number of aromatic nitrogens is 2. The van der Waals surface area contributed by atoms with E-state index in [1.54, 1.807) is 31.2 Å². The first-order chi connectivity index (χ1) is 12.1. The van der Waals surface area contributed by atoms with Crippen molar-refractivity contribution >= 4 is 46.0 Å². The lowest BCUT2D eigenvalue weighted by Crippen LogP contribution is -2.31. The second-order valence-electron chi connectivity index (χ2n) is 4.56. The van der Waals surface area contributed by atoms with Crippen molar-refractivity contribution in [1.82, 2.24) is 15.5 Å². The summed E-state index contributed by atoms with van der Waals surface area (Å²) in [6, 6.07) is 8.75. The Morgan fingerprint density at radius 3 is 2.68 bits per heavy atom. The maximum atomic E-state index is 12.0. The van der Waals surface area contributed by atoms with Gasteiger partial charge in [0, 0.05) is 5.56 Å². The summed E-state index contributed by atoms with van der Waals surface area (Å²) in [5.41, 5.74) is 0.519. The van der Waals surface area contributed by atoms with Crippen LogP contribution in [-0.4, -0.2) is 46.9 Å². The van der Waals surface area contributed by atoms with Gasteiger partial charge in [0.05, 0.1) is 12.4 Å². The minimum Gasteiger partial charge on any atom is -0.465 e. The van der Waals surface area contributed by atoms with Gasteiger partial charge in [0.2, 0.25) is 11.0 Å². The third-order valence-corrected chi connectivity index (χ3v) is 4.70. The number of esters is 1. The van der Waals surface area contributed by atoms with Crippen molar-refractivity contribution in [3.05, 3.63) is 35.9 Å². The molecule has 2 amide bonds. The smallest absolute Gasteiger partial charge is 0.325 e. The highest BCUT2D eigenvalue weighted by atomic mass is 32.2. The van der Waals surface area contributed by atoms with Crippen LogP contribution in [0, 0.1) is 0 Å². The lowest BCUT2D eigenvalue weighted by atomic mass is 10.2. The van der Waals surface area contributed by atoms with Gasteiger partial charge in [-0.1, -0.05) is 41.3 Å². The van der Waals surface area contributed by atoms with E-state index < -0.39 is 5.97 Å². The van der Waals surface area contributed by atoms with Crippen LogP contribution in [0.1, 0.15) is 17.3 Å². The molecule has 0 atom stereocenters. The molecule has 0 saturated heterocycles. The Bertz CT molecular complexity index is 736. The second kappa shape index (κ2) is 9.74. The SMILES string of the molecule is CCOC(=O)CNC(=O)CSc1nnc(NC(=O)c2ccccc2)s1. The molecule has 2 aromatic rings. The van der Waals surface area contributed by atoms with E-state index in [0.29, 0.717) is 15.0 Å². The van der Waals surface area contributed by atoms with Crippen molar-refractivity contribution in [2.24, 2.45) is 0 Å². The first-order valence-electron chi connectivity index (χ1n) is 7.33. The van der Waals surface area contributed by atoms with E-state index in [-0.39, 0.29) is 30.7 Å². The lowest BCUT2D eigenvalue weighted by Gasteiger charge is -2.03. The summed E-state index contributed by atoms with van der Waals surface area (Å²) in [7, 11) is 0. The fraction of sp³-hybridized carbons (Fsp3) is 0.267.